The number of hydrogen-bond acceptors (Lipinski definition) is 3. The van der Waals surface area contributed by atoms with Gasteiger partial charge in [-0.2, -0.15) is 0 Å². The van der Waals surface area contributed by atoms with Gasteiger partial charge in [0.2, 0.25) is 15.9 Å². The summed E-state index contributed by atoms with van der Waals surface area (Å²) in [6.45, 7) is 1.89. The zero-order valence-corrected chi connectivity index (χ0v) is 16.6. The van der Waals surface area contributed by atoms with Crippen LogP contribution in [0.4, 0.5) is 5.69 Å². The predicted octanol–water partition coefficient (Wildman–Crippen LogP) is 3.36. The molecule has 1 unspecified atom stereocenters. The predicted molar refractivity (Wildman–Crippen MR) is 108 cm³/mol. The highest BCUT2D eigenvalue weighted by Crippen LogP contribution is 2.23. The van der Waals surface area contributed by atoms with E-state index < -0.39 is 10.0 Å². The fraction of sp³-hybridized carbons (Fsp3) is 0.381. The Morgan fingerprint density at radius 3 is 2.56 bits per heavy atom. The van der Waals surface area contributed by atoms with Gasteiger partial charge in [-0.05, 0) is 67.0 Å². The zero-order valence-electron chi connectivity index (χ0n) is 15.8. The Bertz CT molecular complexity index is 938. The summed E-state index contributed by atoms with van der Waals surface area (Å²) in [5, 5.41) is 3.00. The molecule has 5 nitrogen and oxygen atoms in total. The number of benzene rings is 2. The molecule has 0 aliphatic heterocycles. The van der Waals surface area contributed by atoms with E-state index in [1.165, 1.54) is 24.0 Å². The van der Waals surface area contributed by atoms with E-state index in [9.17, 15) is 13.2 Å². The minimum atomic E-state index is -3.33. The van der Waals surface area contributed by atoms with Gasteiger partial charge < -0.3 is 5.32 Å². The molecule has 0 saturated heterocycles. The van der Waals surface area contributed by atoms with Crippen molar-refractivity contribution in [3.8, 4) is 0 Å². The molecule has 27 heavy (non-hydrogen) atoms. The van der Waals surface area contributed by atoms with Crippen molar-refractivity contribution in [3.63, 3.8) is 0 Å². The Balaban J connectivity index is 1.63. The second-order valence-electron chi connectivity index (χ2n) is 7.28. The molecule has 1 amide bonds. The van der Waals surface area contributed by atoms with Gasteiger partial charge in [-0.25, -0.2) is 8.42 Å². The summed E-state index contributed by atoms with van der Waals surface area (Å²) in [7, 11) is -3.33. The number of rotatable bonds is 6. The molecule has 0 spiro atoms. The maximum Gasteiger partial charge on any atom is 0.229 e. The van der Waals surface area contributed by atoms with Crippen LogP contribution in [0.3, 0.4) is 0 Å². The monoisotopic (exact) mass is 386 g/mol. The van der Waals surface area contributed by atoms with Crippen LogP contribution >= 0.6 is 0 Å². The molecule has 6 heteroatoms. The summed E-state index contributed by atoms with van der Waals surface area (Å²) in [5.41, 5.74) is 5.16. The van der Waals surface area contributed by atoms with Crippen molar-refractivity contribution in [1.29, 1.82) is 0 Å². The highest BCUT2D eigenvalue weighted by molar-refractivity contribution is 7.92. The molecule has 0 saturated carbocycles. The number of sulfonamides is 1. The van der Waals surface area contributed by atoms with Crippen molar-refractivity contribution in [2.45, 2.75) is 45.1 Å². The summed E-state index contributed by atoms with van der Waals surface area (Å²) in [4.78, 5) is 12.5. The molecule has 2 N–H and O–H groups in total. The average molecular weight is 387 g/mol. The lowest BCUT2D eigenvalue weighted by molar-refractivity contribution is -0.121. The number of anilines is 1. The lowest BCUT2D eigenvalue weighted by Crippen LogP contribution is -2.28. The Hall–Kier alpha value is -2.34. The second kappa shape index (κ2) is 8.13. The smallest absolute Gasteiger partial charge is 0.229 e. The molecule has 3 rings (SSSR count). The SMILES string of the molecule is CC(NC(=O)Cc1ccc2c(c1)CCCC2)c1cccc(NS(C)(=O)=O)c1. The van der Waals surface area contributed by atoms with Gasteiger partial charge in [-0.1, -0.05) is 30.3 Å². The molecular formula is C21H26N2O3S. The van der Waals surface area contributed by atoms with E-state index in [4.69, 9.17) is 0 Å². The summed E-state index contributed by atoms with van der Waals surface area (Å²) < 4.78 is 25.2. The van der Waals surface area contributed by atoms with Crippen molar-refractivity contribution in [2.75, 3.05) is 11.0 Å². The van der Waals surface area contributed by atoms with Crippen molar-refractivity contribution < 1.29 is 13.2 Å². The molecule has 144 valence electrons. The average Bonchev–Trinajstić information content (AvgIpc) is 2.60. The topological polar surface area (TPSA) is 75.3 Å². The van der Waals surface area contributed by atoms with Gasteiger partial charge >= 0.3 is 0 Å². The highest BCUT2D eigenvalue weighted by atomic mass is 32.2. The molecule has 1 aliphatic carbocycles. The van der Waals surface area contributed by atoms with Crippen LogP contribution in [-0.4, -0.2) is 20.6 Å². The van der Waals surface area contributed by atoms with E-state index in [0.29, 0.717) is 12.1 Å². The first-order valence-corrected chi connectivity index (χ1v) is 11.2. The van der Waals surface area contributed by atoms with E-state index in [1.54, 1.807) is 18.2 Å². The van der Waals surface area contributed by atoms with Gasteiger partial charge in [0.1, 0.15) is 0 Å². The molecule has 0 fully saturated rings. The van der Waals surface area contributed by atoms with Crippen LogP contribution < -0.4 is 10.0 Å². The van der Waals surface area contributed by atoms with Crippen molar-refractivity contribution in [1.82, 2.24) is 5.32 Å². The number of carbonyl (C=O) groups excluding carboxylic acids is 1. The third kappa shape index (κ3) is 5.57. The van der Waals surface area contributed by atoms with E-state index in [2.05, 4.69) is 22.2 Å². The first kappa shape index (κ1) is 19.4. The van der Waals surface area contributed by atoms with Crippen LogP contribution in [0.5, 0.6) is 0 Å². The number of nitrogens with one attached hydrogen (secondary N) is 2. The van der Waals surface area contributed by atoms with Gasteiger partial charge in [0.25, 0.3) is 0 Å². The molecule has 0 bridgehead atoms. The van der Waals surface area contributed by atoms with Crippen molar-refractivity contribution in [3.05, 3.63) is 64.7 Å². The number of amides is 1. The molecular weight excluding hydrogens is 360 g/mol. The Labute approximate surface area is 161 Å². The lowest BCUT2D eigenvalue weighted by atomic mass is 9.90. The van der Waals surface area contributed by atoms with E-state index >= 15 is 0 Å². The normalized spacial score (nSPS) is 14.9. The largest absolute Gasteiger partial charge is 0.349 e. The first-order valence-electron chi connectivity index (χ1n) is 9.28. The first-order chi connectivity index (χ1) is 12.8. The van der Waals surface area contributed by atoms with Crippen molar-refractivity contribution >= 4 is 21.6 Å². The molecule has 2 aromatic carbocycles. The van der Waals surface area contributed by atoms with Crippen LogP contribution in [0.1, 0.15) is 48.1 Å². The number of hydrogen-bond donors (Lipinski definition) is 2. The van der Waals surface area contributed by atoms with Crippen LogP contribution in [-0.2, 0) is 34.1 Å². The molecule has 0 radical (unpaired) electrons. The minimum Gasteiger partial charge on any atom is -0.349 e. The summed E-state index contributed by atoms with van der Waals surface area (Å²) >= 11 is 0. The van der Waals surface area contributed by atoms with Crippen LogP contribution in [0.2, 0.25) is 0 Å². The lowest BCUT2D eigenvalue weighted by Gasteiger charge is -2.18. The molecule has 2 aromatic rings. The van der Waals surface area contributed by atoms with Crippen LogP contribution in [0, 0.1) is 0 Å². The van der Waals surface area contributed by atoms with Crippen LogP contribution in [0.25, 0.3) is 0 Å². The standard InChI is InChI=1S/C21H26N2O3S/c1-15(18-8-5-9-20(14-18)23-27(2,25)26)22-21(24)13-16-10-11-17-6-3-4-7-19(17)12-16/h5,8-12,14-15,23H,3-4,6-7,13H2,1-2H3,(H,22,24). The zero-order chi connectivity index (χ0) is 19.4. The fourth-order valence-electron chi connectivity index (χ4n) is 3.54. The van der Waals surface area contributed by atoms with Gasteiger partial charge in [0, 0.05) is 5.69 Å². The summed E-state index contributed by atoms with van der Waals surface area (Å²) in [5.74, 6) is -0.0419. The number of carbonyl (C=O) groups is 1. The van der Waals surface area contributed by atoms with E-state index in [-0.39, 0.29) is 11.9 Å². The van der Waals surface area contributed by atoms with E-state index in [0.717, 1.165) is 30.2 Å². The van der Waals surface area contributed by atoms with Gasteiger partial charge in [-0.15, -0.1) is 0 Å². The van der Waals surface area contributed by atoms with Gasteiger partial charge in [0.05, 0.1) is 18.7 Å². The fourth-order valence-corrected chi connectivity index (χ4v) is 4.10. The quantitative estimate of drug-likeness (QED) is 0.799. The third-order valence-corrected chi connectivity index (χ3v) is 5.45. The van der Waals surface area contributed by atoms with Crippen LogP contribution in [0.15, 0.2) is 42.5 Å². The summed E-state index contributed by atoms with van der Waals surface area (Å²) in [6, 6.07) is 13.2. The molecule has 1 aliphatic rings. The second-order valence-corrected chi connectivity index (χ2v) is 9.02. The molecule has 0 aromatic heterocycles. The highest BCUT2D eigenvalue weighted by Gasteiger charge is 2.14. The minimum absolute atomic E-state index is 0.0419. The van der Waals surface area contributed by atoms with E-state index in [1.807, 2.05) is 19.1 Å². The Morgan fingerprint density at radius 2 is 1.81 bits per heavy atom. The number of fused-ring (bicyclic) bond motifs is 1. The third-order valence-electron chi connectivity index (χ3n) is 4.84. The Morgan fingerprint density at radius 1 is 1.07 bits per heavy atom. The summed E-state index contributed by atoms with van der Waals surface area (Å²) in [6.07, 6.45) is 6.16. The maximum absolute atomic E-state index is 12.5. The van der Waals surface area contributed by atoms with Gasteiger partial charge in [-0.3, -0.25) is 9.52 Å². The number of aryl methyl sites for hydroxylation is 2. The van der Waals surface area contributed by atoms with Crippen molar-refractivity contribution in [2.24, 2.45) is 0 Å². The molecule has 1 atom stereocenters. The Kier molecular flexibility index (Phi) is 5.85. The molecule has 0 heterocycles. The van der Waals surface area contributed by atoms with Gasteiger partial charge in [0.15, 0.2) is 0 Å². The maximum atomic E-state index is 12.5.